The van der Waals surface area contributed by atoms with Crippen LogP contribution in [0.15, 0.2) is 18.2 Å². The molecule has 0 fully saturated rings. The van der Waals surface area contributed by atoms with Crippen LogP contribution in [0.25, 0.3) is 0 Å². The molecule has 0 spiro atoms. The molecule has 0 unspecified atom stereocenters. The zero-order valence-electron chi connectivity index (χ0n) is 5.98. The Morgan fingerprint density at radius 3 is 2.64 bits per heavy atom. The van der Waals surface area contributed by atoms with Gasteiger partial charge in [-0.15, -0.1) is 0 Å². The predicted octanol–water partition coefficient (Wildman–Crippen LogP) is 2.49. The van der Waals surface area contributed by atoms with E-state index in [9.17, 15) is 0 Å². The summed E-state index contributed by atoms with van der Waals surface area (Å²) in [6.07, 6.45) is 0.777. The first-order valence-corrected chi connectivity index (χ1v) is 4.13. The van der Waals surface area contributed by atoms with Crippen LogP contribution in [-0.2, 0) is 6.42 Å². The van der Waals surface area contributed by atoms with Gasteiger partial charge in [-0.3, -0.25) is 0 Å². The first-order chi connectivity index (χ1) is 5.24. The van der Waals surface area contributed by atoms with Crippen LogP contribution in [0.3, 0.4) is 0 Å². The second kappa shape index (κ2) is 3.96. The highest BCUT2D eigenvalue weighted by atomic mass is 35.5. The van der Waals surface area contributed by atoms with Crippen LogP contribution in [0.1, 0.15) is 5.56 Å². The molecule has 0 saturated heterocycles. The van der Waals surface area contributed by atoms with Gasteiger partial charge < -0.3 is 5.73 Å². The van der Waals surface area contributed by atoms with Crippen LogP contribution in [0.4, 0.5) is 0 Å². The number of benzene rings is 1. The summed E-state index contributed by atoms with van der Waals surface area (Å²) >= 11 is 11.6. The first kappa shape index (κ1) is 8.85. The SMILES string of the molecule is NCCc1cc(Cl)ccc1Cl. The number of hydrogen-bond acceptors (Lipinski definition) is 1. The summed E-state index contributed by atoms with van der Waals surface area (Å²) in [5, 5.41) is 1.44. The van der Waals surface area contributed by atoms with E-state index in [4.69, 9.17) is 28.9 Å². The van der Waals surface area contributed by atoms with Crippen LogP contribution in [0.5, 0.6) is 0 Å². The summed E-state index contributed by atoms with van der Waals surface area (Å²) < 4.78 is 0. The Labute approximate surface area is 76.1 Å². The van der Waals surface area contributed by atoms with E-state index in [1.807, 2.05) is 6.07 Å². The fraction of sp³-hybridized carbons (Fsp3) is 0.250. The van der Waals surface area contributed by atoms with Gasteiger partial charge in [0.2, 0.25) is 0 Å². The number of halogens is 2. The third-order valence-electron chi connectivity index (χ3n) is 1.42. The quantitative estimate of drug-likeness (QED) is 0.761. The van der Waals surface area contributed by atoms with Gasteiger partial charge >= 0.3 is 0 Å². The van der Waals surface area contributed by atoms with Gasteiger partial charge in [-0.05, 0) is 36.7 Å². The Kier molecular flexibility index (Phi) is 3.18. The molecule has 0 bridgehead atoms. The Bertz CT molecular complexity index is 248. The second-order valence-corrected chi connectivity index (χ2v) is 3.12. The molecule has 2 N–H and O–H groups in total. The van der Waals surface area contributed by atoms with Crippen molar-refractivity contribution in [2.24, 2.45) is 5.73 Å². The normalized spacial score (nSPS) is 10.1. The summed E-state index contributed by atoms with van der Waals surface area (Å²) in [6, 6.07) is 5.40. The van der Waals surface area contributed by atoms with Crippen molar-refractivity contribution >= 4 is 23.2 Å². The zero-order valence-corrected chi connectivity index (χ0v) is 7.49. The van der Waals surface area contributed by atoms with Crippen LogP contribution >= 0.6 is 23.2 Å². The fourth-order valence-corrected chi connectivity index (χ4v) is 1.30. The van der Waals surface area contributed by atoms with Gasteiger partial charge in [-0.2, -0.15) is 0 Å². The molecule has 3 heteroatoms. The molecule has 1 rings (SSSR count). The third kappa shape index (κ3) is 2.37. The maximum absolute atomic E-state index is 5.86. The lowest BCUT2D eigenvalue weighted by Crippen LogP contribution is -2.02. The largest absolute Gasteiger partial charge is 0.330 e. The molecule has 0 radical (unpaired) electrons. The van der Waals surface area contributed by atoms with Gasteiger partial charge in [0.1, 0.15) is 0 Å². The lowest BCUT2D eigenvalue weighted by molar-refractivity contribution is 0.969. The molecule has 0 atom stereocenters. The molecule has 0 saturated carbocycles. The van der Waals surface area contributed by atoms with Gasteiger partial charge in [0.15, 0.2) is 0 Å². The molecule has 0 aliphatic heterocycles. The van der Waals surface area contributed by atoms with Gasteiger partial charge in [-0.25, -0.2) is 0 Å². The Morgan fingerprint density at radius 1 is 1.27 bits per heavy atom. The summed E-state index contributed by atoms with van der Waals surface area (Å²) in [5.74, 6) is 0. The summed E-state index contributed by atoms with van der Waals surface area (Å²) in [7, 11) is 0. The summed E-state index contributed by atoms with van der Waals surface area (Å²) in [4.78, 5) is 0. The van der Waals surface area contributed by atoms with Crippen molar-refractivity contribution in [3.8, 4) is 0 Å². The summed E-state index contributed by atoms with van der Waals surface area (Å²) in [5.41, 5.74) is 6.39. The maximum atomic E-state index is 5.86. The van der Waals surface area contributed by atoms with E-state index in [0.717, 1.165) is 17.0 Å². The zero-order chi connectivity index (χ0) is 8.27. The van der Waals surface area contributed by atoms with Crippen molar-refractivity contribution in [3.05, 3.63) is 33.8 Å². The minimum absolute atomic E-state index is 0.597. The topological polar surface area (TPSA) is 26.0 Å². The maximum Gasteiger partial charge on any atom is 0.0439 e. The standard InChI is InChI=1S/C8H9Cl2N/c9-7-1-2-8(10)6(5-7)3-4-11/h1-2,5H,3-4,11H2. The average molecular weight is 190 g/mol. The Balaban J connectivity index is 2.93. The number of rotatable bonds is 2. The molecule has 0 aliphatic carbocycles. The van der Waals surface area contributed by atoms with Crippen molar-refractivity contribution in [1.82, 2.24) is 0 Å². The van der Waals surface area contributed by atoms with Crippen LogP contribution < -0.4 is 5.73 Å². The molecule has 0 aliphatic rings. The van der Waals surface area contributed by atoms with Crippen molar-refractivity contribution < 1.29 is 0 Å². The van der Waals surface area contributed by atoms with Gasteiger partial charge in [0.25, 0.3) is 0 Å². The Morgan fingerprint density at radius 2 is 2.00 bits per heavy atom. The molecular weight excluding hydrogens is 181 g/mol. The highest BCUT2D eigenvalue weighted by Gasteiger charge is 1.98. The smallest absolute Gasteiger partial charge is 0.0439 e. The van der Waals surface area contributed by atoms with Crippen LogP contribution in [0, 0.1) is 0 Å². The van der Waals surface area contributed by atoms with E-state index < -0.39 is 0 Å². The fourth-order valence-electron chi connectivity index (χ4n) is 0.890. The first-order valence-electron chi connectivity index (χ1n) is 3.38. The molecule has 0 aromatic heterocycles. The molecule has 1 aromatic rings. The van der Waals surface area contributed by atoms with Crippen molar-refractivity contribution in [3.63, 3.8) is 0 Å². The van der Waals surface area contributed by atoms with Gasteiger partial charge in [0.05, 0.1) is 0 Å². The van der Waals surface area contributed by atoms with E-state index in [0.29, 0.717) is 11.6 Å². The third-order valence-corrected chi connectivity index (χ3v) is 2.03. The van der Waals surface area contributed by atoms with E-state index in [1.54, 1.807) is 12.1 Å². The van der Waals surface area contributed by atoms with Crippen LogP contribution in [-0.4, -0.2) is 6.54 Å². The highest BCUT2D eigenvalue weighted by molar-refractivity contribution is 6.33. The highest BCUT2D eigenvalue weighted by Crippen LogP contribution is 2.20. The lowest BCUT2D eigenvalue weighted by atomic mass is 10.1. The Hall–Kier alpha value is -0.240. The minimum Gasteiger partial charge on any atom is -0.330 e. The molecular formula is C8H9Cl2N. The van der Waals surface area contributed by atoms with Crippen molar-refractivity contribution in [2.45, 2.75) is 6.42 Å². The van der Waals surface area contributed by atoms with Gasteiger partial charge in [-0.1, -0.05) is 23.2 Å². The average Bonchev–Trinajstić information content (AvgIpc) is 1.98. The van der Waals surface area contributed by atoms with Crippen molar-refractivity contribution in [2.75, 3.05) is 6.54 Å². The van der Waals surface area contributed by atoms with E-state index >= 15 is 0 Å². The lowest BCUT2D eigenvalue weighted by Gasteiger charge is -2.01. The molecule has 0 amide bonds. The minimum atomic E-state index is 0.597. The number of nitrogens with two attached hydrogens (primary N) is 1. The second-order valence-electron chi connectivity index (χ2n) is 2.27. The molecule has 1 nitrogen and oxygen atoms in total. The number of hydrogen-bond donors (Lipinski definition) is 1. The van der Waals surface area contributed by atoms with E-state index in [1.165, 1.54) is 0 Å². The molecule has 60 valence electrons. The monoisotopic (exact) mass is 189 g/mol. The molecule has 0 heterocycles. The van der Waals surface area contributed by atoms with E-state index in [2.05, 4.69) is 0 Å². The van der Waals surface area contributed by atoms with Gasteiger partial charge in [0, 0.05) is 10.0 Å². The predicted molar refractivity (Wildman–Crippen MR) is 49.2 cm³/mol. The molecule has 1 aromatic carbocycles. The van der Waals surface area contributed by atoms with Crippen LogP contribution in [0.2, 0.25) is 10.0 Å². The molecule has 11 heavy (non-hydrogen) atoms. The van der Waals surface area contributed by atoms with E-state index in [-0.39, 0.29) is 0 Å². The summed E-state index contributed by atoms with van der Waals surface area (Å²) in [6.45, 7) is 0.597. The van der Waals surface area contributed by atoms with Crippen molar-refractivity contribution in [1.29, 1.82) is 0 Å².